The molecule has 2 fully saturated rings. The molecule has 2 heteroatoms. The number of nitrogens with one attached hydrogen (secondary N) is 1. The second-order valence-electron chi connectivity index (χ2n) is 5.61. The van der Waals surface area contributed by atoms with Gasteiger partial charge in [0.05, 0.1) is 0 Å². The summed E-state index contributed by atoms with van der Waals surface area (Å²) in [6, 6.07) is 1.57. The van der Waals surface area contributed by atoms with E-state index in [1.165, 1.54) is 51.7 Å². The number of hydrogen-bond acceptors (Lipinski definition) is 2. The first kappa shape index (κ1) is 11.4. The Morgan fingerprint density at radius 1 is 1.00 bits per heavy atom. The zero-order chi connectivity index (χ0) is 10.7. The molecule has 0 aliphatic carbocycles. The molecule has 1 N–H and O–H groups in total. The lowest BCUT2D eigenvalue weighted by molar-refractivity contribution is 0.158. The molecule has 0 radical (unpaired) electrons. The molecule has 0 amide bonds. The monoisotopic (exact) mass is 210 g/mol. The van der Waals surface area contributed by atoms with Crippen molar-refractivity contribution in [2.45, 2.75) is 58.0 Å². The fraction of sp³-hybridized carbons (Fsp3) is 1.00. The molecule has 2 nitrogen and oxygen atoms in total. The van der Waals surface area contributed by atoms with E-state index in [-0.39, 0.29) is 0 Å². The van der Waals surface area contributed by atoms with E-state index in [0.717, 1.165) is 18.0 Å². The van der Waals surface area contributed by atoms with Gasteiger partial charge >= 0.3 is 0 Å². The Balaban J connectivity index is 1.82. The maximum Gasteiger partial charge on any atom is 0.0221 e. The molecule has 0 spiro atoms. The Morgan fingerprint density at radius 2 is 1.87 bits per heavy atom. The standard InChI is InChI=1S/C13H26N2/c1-11-4-3-8-15(9-7-11)13-6-5-12(2)14-10-13/h11-14H,3-10H2,1-2H3. The molecule has 0 aromatic carbocycles. The van der Waals surface area contributed by atoms with Crippen molar-refractivity contribution in [3.05, 3.63) is 0 Å². The first-order chi connectivity index (χ1) is 7.25. The highest BCUT2D eigenvalue weighted by molar-refractivity contribution is 4.83. The third kappa shape index (κ3) is 3.18. The molecule has 88 valence electrons. The highest BCUT2D eigenvalue weighted by Crippen LogP contribution is 2.21. The Kier molecular flexibility index (Phi) is 4.04. The van der Waals surface area contributed by atoms with E-state index in [1.54, 1.807) is 0 Å². The first-order valence-electron chi connectivity index (χ1n) is 6.73. The van der Waals surface area contributed by atoms with Crippen molar-refractivity contribution in [1.29, 1.82) is 0 Å². The summed E-state index contributed by atoms with van der Waals surface area (Å²) < 4.78 is 0. The van der Waals surface area contributed by atoms with E-state index in [2.05, 4.69) is 24.1 Å². The van der Waals surface area contributed by atoms with Crippen LogP contribution in [0.5, 0.6) is 0 Å². The van der Waals surface area contributed by atoms with Crippen LogP contribution in [-0.2, 0) is 0 Å². The summed E-state index contributed by atoms with van der Waals surface area (Å²) >= 11 is 0. The van der Waals surface area contributed by atoms with Crippen LogP contribution in [0.25, 0.3) is 0 Å². The minimum Gasteiger partial charge on any atom is -0.313 e. The van der Waals surface area contributed by atoms with Gasteiger partial charge in [-0.1, -0.05) is 6.92 Å². The van der Waals surface area contributed by atoms with E-state index in [1.807, 2.05) is 0 Å². The Bertz CT molecular complexity index is 185. The van der Waals surface area contributed by atoms with Crippen LogP contribution in [0.1, 0.15) is 46.0 Å². The number of rotatable bonds is 1. The van der Waals surface area contributed by atoms with Crippen molar-refractivity contribution >= 4 is 0 Å². The first-order valence-corrected chi connectivity index (χ1v) is 6.73. The maximum absolute atomic E-state index is 3.62. The summed E-state index contributed by atoms with van der Waals surface area (Å²) in [7, 11) is 0. The molecule has 3 unspecified atom stereocenters. The number of nitrogens with zero attached hydrogens (tertiary/aromatic N) is 1. The topological polar surface area (TPSA) is 15.3 Å². The van der Waals surface area contributed by atoms with Crippen molar-refractivity contribution in [1.82, 2.24) is 10.2 Å². The smallest absolute Gasteiger partial charge is 0.0221 e. The molecule has 2 heterocycles. The van der Waals surface area contributed by atoms with Crippen molar-refractivity contribution in [3.8, 4) is 0 Å². The van der Waals surface area contributed by atoms with Gasteiger partial charge in [0, 0.05) is 18.6 Å². The van der Waals surface area contributed by atoms with Crippen molar-refractivity contribution in [2.24, 2.45) is 5.92 Å². The second-order valence-corrected chi connectivity index (χ2v) is 5.61. The highest BCUT2D eigenvalue weighted by Gasteiger charge is 2.24. The van der Waals surface area contributed by atoms with Gasteiger partial charge in [0.2, 0.25) is 0 Å². The summed E-state index contributed by atoms with van der Waals surface area (Å²) in [5.41, 5.74) is 0. The molecule has 2 aliphatic heterocycles. The average Bonchev–Trinajstić information content (AvgIpc) is 2.44. The molecule has 3 atom stereocenters. The lowest BCUT2D eigenvalue weighted by Crippen LogP contribution is -2.49. The fourth-order valence-electron chi connectivity index (χ4n) is 2.95. The third-order valence-electron chi connectivity index (χ3n) is 4.20. The van der Waals surface area contributed by atoms with Crippen LogP contribution < -0.4 is 5.32 Å². The van der Waals surface area contributed by atoms with Crippen LogP contribution >= 0.6 is 0 Å². The van der Waals surface area contributed by atoms with Gasteiger partial charge in [-0.15, -0.1) is 0 Å². The quantitative estimate of drug-likeness (QED) is 0.714. The average molecular weight is 210 g/mol. The molecular formula is C13H26N2. The number of hydrogen-bond donors (Lipinski definition) is 1. The molecule has 0 bridgehead atoms. The molecule has 15 heavy (non-hydrogen) atoms. The molecule has 0 aromatic rings. The highest BCUT2D eigenvalue weighted by atomic mass is 15.2. The van der Waals surface area contributed by atoms with Gasteiger partial charge in [0.25, 0.3) is 0 Å². The summed E-state index contributed by atoms with van der Waals surface area (Å²) in [5.74, 6) is 0.950. The van der Waals surface area contributed by atoms with Crippen LogP contribution in [0.2, 0.25) is 0 Å². The van der Waals surface area contributed by atoms with E-state index in [4.69, 9.17) is 0 Å². The predicted octanol–water partition coefficient (Wildman–Crippen LogP) is 2.25. The molecule has 0 saturated carbocycles. The van der Waals surface area contributed by atoms with Gasteiger partial charge < -0.3 is 5.32 Å². The third-order valence-corrected chi connectivity index (χ3v) is 4.20. The summed E-state index contributed by atoms with van der Waals surface area (Å²) in [6.45, 7) is 8.61. The lowest BCUT2D eigenvalue weighted by atomic mass is 10.0. The maximum atomic E-state index is 3.62. The summed E-state index contributed by atoms with van der Waals surface area (Å²) in [4.78, 5) is 2.74. The molecule has 2 rings (SSSR count). The molecule has 2 saturated heterocycles. The zero-order valence-electron chi connectivity index (χ0n) is 10.3. The van der Waals surface area contributed by atoms with E-state index in [0.29, 0.717) is 0 Å². The van der Waals surface area contributed by atoms with E-state index in [9.17, 15) is 0 Å². The van der Waals surface area contributed by atoms with E-state index < -0.39 is 0 Å². The van der Waals surface area contributed by atoms with Crippen molar-refractivity contribution < 1.29 is 0 Å². The van der Waals surface area contributed by atoms with Gasteiger partial charge in [0.1, 0.15) is 0 Å². The van der Waals surface area contributed by atoms with E-state index >= 15 is 0 Å². The van der Waals surface area contributed by atoms with Gasteiger partial charge in [0.15, 0.2) is 0 Å². The Morgan fingerprint density at radius 3 is 2.60 bits per heavy atom. The fourth-order valence-corrected chi connectivity index (χ4v) is 2.95. The number of piperidine rings is 1. The van der Waals surface area contributed by atoms with Crippen LogP contribution in [0.15, 0.2) is 0 Å². The van der Waals surface area contributed by atoms with Crippen LogP contribution in [0.4, 0.5) is 0 Å². The van der Waals surface area contributed by atoms with Gasteiger partial charge in [-0.05, 0) is 58.0 Å². The minimum absolute atomic E-state index is 0.743. The summed E-state index contributed by atoms with van der Waals surface area (Å²) in [5, 5.41) is 3.62. The van der Waals surface area contributed by atoms with Gasteiger partial charge in [-0.2, -0.15) is 0 Å². The van der Waals surface area contributed by atoms with Gasteiger partial charge in [-0.25, -0.2) is 0 Å². The predicted molar refractivity (Wildman–Crippen MR) is 65.1 cm³/mol. The Hall–Kier alpha value is -0.0800. The lowest BCUT2D eigenvalue weighted by Gasteiger charge is -2.36. The molecule has 2 aliphatic rings. The zero-order valence-corrected chi connectivity index (χ0v) is 10.3. The number of likely N-dealkylation sites (tertiary alicyclic amines) is 1. The minimum atomic E-state index is 0.743. The SMILES string of the molecule is CC1CCCN(C2CCC(C)NC2)CC1. The second kappa shape index (κ2) is 5.31. The van der Waals surface area contributed by atoms with Crippen molar-refractivity contribution in [3.63, 3.8) is 0 Å². The van der Waals surface area contributed by atoms with Crippen LogP contribution in [-0.4, -0.2) is 36.6 Å². The van der Waals surface area contributed by atoms with Crippen molar-refractivity contribution in [2.75, 3.05) is 19.6 Å². The summed E-state index contributed by atoms with van der Waals surface area (Å²) in [6.07, 6.45) is 7.02. The van der Waals surface area contributed by atoms with Crippen LogP contribution in [0, 0.1) is 5.92 Å². The largest absolute Gasteiger partial charge is 0.313 e. The normalized spacial score (nSPS) is 40.0. The van der Waals surface area contributed by atoms with Gasteiger partial charge in [-0.3, -0.25) is 4.90 Å². The van der Waals surface area contributed by atoms with Crippen LogP contribution in [0.3, 0.4) is 0 Å². The molecule has 0 aromatic heterocycles. The Labute approximate surface area is 94.4 Å². The molecular weight excluding hydrogens is 184 g/mol.